The van der Waals surface area contributed by atoms with E-state index in [1.165, 1.54) is 20.9 Å². The molecule has 0 atom stereocenters. The summed E-state index contributed by atoms with van der Waals surface area (Å²) >= 11 is 1.82. The number of benzene rings is 1. The second-order valence-corrected chi connectivity index (χ2v) is 5.38. The molecule has 0 saturated heterocycles. The highest BCUT2D eigenvalue weighted by atomic mass is 32.1. The summed E-state index contributed by atoms with van der Waals surface area (Å²) in [6.45, 7) is 6.34. The lowest BCUT2D eigenvalue weighted by atomic mass is 10.0. The average molecular weight is 217 g/mol. The van der Waals surface area contributed by atoms with Crippen molar-refractivity contribution in [3.8, 4) is 11.1 Å². The van der Waals surface area contributed by atoms with Crippen LogP contribution in [0.25, 0.3) is 11.1 Å². The van der Waals surface area contributed by atoms with E-state index in [1.807, 2.05) is 17.4 Å². The monoisotopic (exact) mass is 217 g/mol. The highest BCUT2D eigenvalue weighted by molar-refractivity contribution is 7.12. The van der Waals surface area contributed by atoms with E-state index in [-0.39, 0.29) is 0 Å². The second kappa shape index (κ2) is 3.70. The fraction of sp³-hybridized carbons (Fsp3) is 0.231. The van der Waals surface area contributed by atoms with Crippen LogP contribution < -0.4 is 5.73 Å². The number of aryl methyl sites for hydroxylation is 3. The van der Waals surface area contributed by atoms with Crippen molar-refractivity contribution in [3.63, 3.8) is 0 Å². The summed E-state index contributed by atoms with van der Waals surface area (Å²) in [5.74, 6) is 0. The molecule has 1 aromatic heterocycles. The number of thiophene rings is 1. The van der Waals surface area contributed by atoms with Gasteiger partial charge in [0.05, 0.1) is 0 Å². The van der Waals surface area contributed by atoms with Crippen LogP contribution in [0.1, 0.15) is 15.3 Å². The van der Waals surface area contributed by atoms with E-state index in [1.54, 1.807) is 0 Å². The minimum absolute atomic E-state index is 0.871. The topological polar surface area (TPSA) is 26.0 Å². The van der Waals surface area contributed by atoms with Crippen LogP contribution in [0.15, 0.2) is 24.3 Å². The third-order valence-electron chi connectivity index (χ3n) is 2.54. The molecule has 2 rings (SSSR count). The van der Waals surface area contributed by atoms with Crippen molar-refractivity contribution >= 4 is 17.0 Å². The van der Waals surface area contributed by atoms with E-state index in [9.17, 15) is 0 Å². The number of rotatable bonds is 1. The predicted octanol–water partition coefficient (Wildman–Crippen LogP) is 3.92. The highest BCUT2D eigenvalue weighted by Gasteiger charge is 2.08. The Morgan fingerprint density at radius 1 is 1.00 bits per heavy atom. The summed E-state index contributed by atoms with van der Waals surface area (Å²) in [5, 5.41) is 0. The molecule has 0 saturated carbocycles. The Kier molecular flexibility index (Phi) is 2.53. The average Bonchev–Trinajstić information content (AvgIpc) is 2.45. The van der Waals surface area contributed by atoms with E-state index in [0.717, 1.165) is 11.3 Å². The summed E-state index contributed by atoms with van der Waals surface area (Å²) in [5.41, 5.74) is 10.5. The van der Waals surface area contributed by atoms with Crippen LogP contribution in [-0.4, -0.2) is 0 Å². The van der Waals surface area contributed by atoms with Gasteiger partial charge in [-0.2, -0.15) is 0 Å². The zero-order valence-corrected chi connectivity index (χ0v) is 10.1. The highest BCUT2D eigenvalue weighted by Crippen LogP contribution is 2.34. The van der Waals surface area contributed by atoms with Crippen molar-refractivity contribution in [1.29, 1.82) is 0 Å². The fourth-order valence-corrected chi connectivity index (χ4v) is 2.76. The van der Waals surface area contributed by atoms with Gasteiger partial charge >= 0.3 is 0 Å². The van der Waals surface area contributed by atoms with E-state index in [0.29, 0.717) is 0 Å². The van der Waals surface area contributed by atoms with Gasteiger partial charge in [-0.1, -0.05) is 12.1 Å². The van der Waals surface area contributed by atoms with Crippen molar-refractivity contribution in [1.82, 2.24) is 0 Å². The van der Waals surface area contributed by atoms with Gasteiger partial charge in [-0.3, -0.25) is 0 Å². The Hall–Kier alpha value is -1.28. The molecule has 1 nitrogen and oxygen atoms in total. The second-order valence-electron chi connectivity index (χ2n) is 3.92. The van der Waals surface area contributed by atoms with E-state index < -0.39 is 0 Å². The maximum Gasteiger partial charge on any atom is 0.0396 e. The van der Waals surface area contributed by atoms with Gasteiger partial charge in [-0.05, 0) is 44.0 Å². The molecule has 0 radical (unpaired) electrons. The largest absolute Gasteiger partial charge is 0.398 e. The first kappa shape index (κ1) is 10.2. The SMILES string of the molecule is Cc1ccc(-c2cc(C)sc2C)c(N)c1. The molecule has 78 valence electrons. The molecule has 2 N–H and O–H groups in total. The summed E-state index contributed by atoms with van der Waals surface area (Å²) < 4.78 is 0. The molecule has 15 heavy (non-hydrogen) atoms. The zero-order chi connectivity index (χ0) is 11.0. The van der Waals surface area contributed by atoms with Gasteiger partial charge in [-0.25, -0.2) is 0 Å². The number of hydrogen-bond donors (Lipinski definition) is 1. The van der Waals surface area contributed by atoms with E-state index >= 15 is 0 Å². The molecule has 1 heterocycles. The van der Waals surface area contributed by atoms with Gasteiger partial charge in [0.25, 0.3) is 0 Å². The van der Waals surface area contributed by atoms with Gasteiger partial charge in [-0.15, -0.1) is 11.3 Å². The Labute approximate surface area is 94.6 Å². The minimum Gasteiger partial charge on any atom is -0.398 e. The molecule has 2 heteroatoms. The van der Waals surface area contributed by atoms with Crippen molar-refractivity contribution in [2.24, 2.45) is 0 Å². The quantitative estimate of drug-likeness (QED) is 0.720. The Balaban J connectivity index is 2.59. The molecule has 1 aromatic carbocycles. The standard InChI is InChI=1S/C13H15NS/c1-8-4-5-11(13(14)6-8)12-7-9(2)15-10(12)3/h4-7H,14H2,1-3H3. The lowest BCUT2D eigenvalue weighted by Gasteiger charge is -2.05. The van der Waals surface area contributed by atoms with Crippen LogP contribution in [0, 0.1) is 20.8 Å². The summed E-state index contributed by atoms with van der Waals surface area (Å²) in [4.78, 5) is 2.67. The van der Waals surface area contributed by atoms with Crippen molar-refractivity contribution in [2.45, 2.75) is 20.8 Å². The predicted molar refractivity (Wildman–Crippen MR) is 68.4 cm³/mol. The normalized spacial score (nSPS) is 10.6. The smallest absolute Gasteiger partial charge is 0.0396 e. The van der Waals surface area contributed by atoms with Crippen molar-refractivity contribution < 1.29 is 0 Å². The van der Waals surface area contributed by atoms with Gasteiger partial charge in [0.1, 0.15) is 0 Å². The van der Waals surface area contributed by atoms with Crippen LogP contribution in [-0.2, 0) is 0 Å². The van der Waals surface area contributed by atoms with Crippen LogP contribution in [0.5, 0.6) is 0 Å². The minimum atomic E-state index is 0.871. The molecule has 0 fully saturated rings. The Bertz CT molecular complexity index is 497. The van der Waals surface area contributed by atoms with Crippen LogP contribution >= 0.6 is 11.3 Å². The van der Waals surface area contributed by atoms with Crippen molar-refractivity contribution in [2.75, 3.05) is 5.73 Å². The molecule has 0 aliphatic carbocycles. The molecule has 0 bridgehead atoms. The number of nitrogens with two attached hydrogens (primary N) is 1. The molecule has 0 aliphatic rings. The first-order chi connectivity index (χ1) is 7.08. The Morgan fingerprint density at radius 3 is 2.27 bits per heavy atom. The molecule has 0 amide bonds. The third-order valence-corrected chi connectivity index (χ3v) is 3.50. The summed E-state index contributed by atoms with van der Waals surface area (Å²) in [6, 6.07) is 8.46. The van der Waals surface area contributed by atoms with Crippen LogP contribution in [0.2, 0.25) is 0 Å². The number of nitrogen functional groups attached to an aromatic ring is 1. The number of hydrogen-bond acceptors (Lipinski definition) is 2. The maximum absolute atomic E-state index is 6.04. The zero-order valence-electron chi connectivity index (χ0n) is 9.29. The number of anilines is 1. The first-order valence-corrected chi connectivity index (χ1v) is 5.83. The third kappa shape index (κ3) is 1.90. The first-order valence-electron chi connectivity index (χ1n) is 5.01. The molecule has 2 aromatic rings. The molecule has 0 spiro atoms. The lowest BCUT2D eigenvalue weighted by molar-refractivity contribution is 1.46. The molecular weight excluding hydrogens is 202 g/mol. The fourth-order valence-electron chi connectivity index (χ4n) is 1.83. The molecule has 0 aliphatic heterocycles. The van der Waals surface area contributed by atoms with Crippen molar-refractivity contribution in [3.05, 3.63) is 39.6 Å². The Morgan fingerprint density at radius 2 is 1.73 bits per heavy atom. The van der Waals surface area contributed by atoms with Gasteiger partial charge < -0.3 is 5.73 Å². The summed E-state index contributed by atoms with van der Waals surface area (Å²) in [6.07, 6.45) is 0. The summed E-state index contributed by atoms with van der Waals surface area (Å²) in [7, 11) is 0. The van der Waals surface area contributed by atoms with Gasteiger partial charge in [0, 0.05) is 21.0 Å². The molecule has 0 unspecified atom stereocenters. The van der Waals surface area contributed by atoms with Crippen LogP contribution in [0.3, 0.4) is 0 Å². The van der Waals surface area contributed by atoms with Gasteiger partial charge in [0.2, 0.25) is 0 Å². The molecular formula is C13H15NS. The van der Waals surface area contributed by atoms with Gasteiger partial charge in [0.15, 0.2) is 0 Å². The van der Waals surface area contributed by atoms with E-state index in [2.05, 4.69) is 39.0 Å². The van der Waals surface area contributed by atoms with E-state index in [4.69, 9.17) is 5.73 Å². The lowest BCUT2D eigenvalue weighted by Crippen LogP contribution is -1.90. The maximum atomic E-state index is 6.04. The van der Waals surface area contributed by atoms with Crippen LogP contribution in [0.4, 0.5) is 5.69 Å².